The Labute approximate surface area is 836 Å². The van der Waals surface area contributed by atoms with E-state index in [1.54, 1.807) is 11.3 Å². The van der Waals surface area contributed by atoms with Crippen LogP contribution >= 0.6 is 11.3 Å². The number of anilines is 9. The van der Waals surface area contributed by atoms with Crippen LogP contribution in [0.2, 0.25) is 0 Å². The van der Waals surface area contributed by atoms with Gasteiger partial charge in [0, 0.05) is 188 Å². The van der Waals surface area contributed by atoms with E-state index in [2.05, 4.69) is 407 Å². The van der Waals surface area contributed by atoms with Gasteiger partial charge in [-0.25, -0.2) is 9.97 Å². The second-order valence-corrected chi connectivity index (χ2v) is 37.8. The van der Waals surface area contributed by atoms with Crippen molar-refractivity contribution in [1.82, 2.24) is 14.5 Å². The monoisotopic (exact) mass is 1870 g/mol. The predicted octanol–water partition coefficient (Wildman–Crippen LogP) is 32.6. The molecule has 0 saturated heterocycles. The maximum atomic E-state index is 9.17. The van der Waals surface area contributed by atoms with E-state index in [9.17, 15) is 5.26 Å². The number of likely N-dealkylation sites (N-methyl/N-ethyl adjacent to an activating group) is 4. The lowest BCUT2D eigenvalue weighted by molar-refractivity contribution is 0.179. The molecule has 5 unspecified atom stereocenters. The molecule has 5 aliphatic rings. The Balaban J connectivity index is 0.000000755. The lowest BCUT2D eigenvalue weighted by Gasteiger charge is -2.45. The molecule has 0 radical (unpaired) electrons. The van der Waals surface area contributed by atoms with Crippen molar-refractivity contribution in [1.29, 1.82) is 5.26 Å². The van der Waals surface area contributed by atoms with Crippen LogP contribution in [0.5, 0.6) is 5.75 Å². The Hall–Kier alpha value is -10.7. The summed E-state index contributed by atoms with van der Waals surface area (Å²) in [4.78, 5) is 29.8. The van der Waals surface area contributed by atoms with Crippen molar-refractivity contribution >= 4 is 83.9 Å². The maximum absolute atomic E-state index is 9.17. The van der Waals surface area contributed by atoms with Crippen molar-refractivity contribution in [3.63, 3.8) is 0 Å². The predicted molar refractivity (Wildman–Crippen MR) is 614 cm³/mol. The van der Waals surface area contributed by atoms with Crippen molar-refractivity contribution in [2.45, 2.75) is 309 Å². The molecule has 0 aliphatic carbocycles. The van der Waals surface area contributed by atoms with Crippen LogP contribution < -0.4 is 48.8 Å². The van der Waals surface area contributed by atoms with Crippen molar-refractivity contribution in [2.24, 2.45) is 7.05 Å². The molecular formula is C121H189N13OS. The number of thiazole rings is 1. The summed E-state index contributed by atoms with van der Waals surface area (Å²) in [7, 11) is 28.8. The van der Waals surface area contributed by atoms with E-state index >= 15 is 0 Å². The third-order valence-corrected chi connectivity index (χ3v) is 27.2. The molecule has 8 heterocycles. The van der Waals surface area contributed by atoms with E-state index < -0.39 is 0 Å². The second-order valence-electron chi connectivity index (χ2n) is 36.6. The minimum Gasteiger partial charge on any atom is -0.486 e. The molecule has 0 saturated carbocycles. The molecule has 0 spiro atoms. The van der Waals surface area contributed by atoms with Gasteiger partial charge in [-0.15, -0.1) is 11.3 Å². The third kappa shape index (κ3) is 30.7. The molecule has 15 heteroatoms. The molecule has 136 heavy (non-hydrogen) atoms. The van der Waals surface area contributed by atoms with Gasteiger partial charge in [0.2, 0.25) is 0 Å². The Morgan fingerprint density at radius 1 is 0.441 bits per heavy atom. The number of nitriles is 1. The summed E-state index contributed by atoms with van der Waals surface area (Å²) in [6, 6.07) is 62.0. The van der Waals surface area contributed by atoms with Crippen LogP contribution in [-0.2, 0) is 17.9 Å². The minimum atomic E-state index is 0.0830. The fourth-order valence-electron chi connectivity index (χ4n) is 17.5. The molecule has 3 aromatic heterocycles. The Bertz CT molecular complexity index is 5450. The number of hydrogen-bond acceptors (Lipinski definition) is 14. The van der Waals surface area contributed by atoms with Gasteiger partial charge in [0.25, 0.3) is 0 Å². The summed E-state index contributed by atoms with van der Waals surface area (Å²) < 4.78 is 8.09. The summed E-state index contributed by atoms with van der Waals surface area (Å²) >= 11 is 1.74. The fraction of sp³-hybridized carbons (Fsp3) is 0.496. The molecule has 5 aliphatic heterocycles. The molecule has 5 atom stereocenters. The zero-order valence-corrected chi connectivity index (χ0v) is 96.3. The number of para-hydroxylation sites is 2. The van der Waals surface area contributed by atoms with E-state index in [-0.39, 0.29) is 22.5 Å². The van der Waals surface area contributed by atoms with Gasteiger partial charge in [0.1, 0.15) is 29.6 Å². The number of aryl methyl sites for hydroxylation is 8. The van der Waals surface area contributed by atoms with Gasteiger partial charge in [0.15, 0.2) is 5.13 Å². The van der Waals surface area contributed by atoms with Gasteiger partial charge in [-0.1, -0.05) is 277 Å². The summed E-state index contributed by atoms with van der Waals surface area (Å²) in [5.74, 6) is 4.00. The van der Waals surface area contributed by atoms with Crippen LogP contribution in [0.15, 0.2) is 187 Å². The number of aromatic nitrogens is 3. The quantitative estimate of drug-likeness (QED) is 0.168. The van der Waals surface area contributed by atoms with E-state index in [1.807, 2.05) is 189 Å². The van der Waals surface area contributed by atoms with Crippen LogP contribution in [0.25, 0.3) is 21.7 Å². The zero-order chi connectivity index (χ0) is 105. The number of pyridine rings is 1. The van der Waals surface area contributed by atoms with Crippen molar-refractivity contribution in [2.75, 3.05) is 136 Å². The van der Waals surface area contributed by atoms with E-state index in [0.29, 0.717) is 29.5 Å². The van der Waals surface area contributed by atoms with Gasteiger partial charge in [-0.2, -0.15) is 5.26 Å². The van der Waals surface area contributed by atoms with Gasteiger partial charge in [-0.3, -0.25) is 0 Å². The number of ether oxygens (including phenoxy) is 1. The average Bonchev–Trinajstić information content (AvgIpc) is 1.57. The molecule has 750 valence electrons. The molecule has 16 rings (SSSR count). The van der Waals surface area contributed by atoms with Crippen LogP contribution in [-0.4, -0.2) is 130 Å². The summed E-state index contributed by atoms with van der Waals surface area (Å²) in [5, 5.41) is 14.3. The molecule has 14 nitrogen and oxygen atoms in total. The average molecular weight is 1870 g/mol. The van der Waals surface area contributed by atoms with Gasteiger partial charge >= 0.3 is 0 Å². The normalized spacial score (nSPS) is 16.4. The van der Waals surface area contributed by atoms with E-state index in [0.717, 1.165) is 39.3 Å². The van der Waals surface area contributed by atoms with Crippen LogP contribution in [0.1, 0.15) is 288 Å². The highest BCUT2D eigenvalue weighted by Crippen LogP contribution is 2.51. The smallest absolute Gasteiger partial charge is 0.185 e. The first kappa shape index (κ1) is 123. The summed E-state index contributed by atoms with van der Waals surface area (Å²) in [6.45, 7) is 78.3. The third-order valence-electron chi connectivity index (χ3n) is 26.0. The van der Waals surface area contributed by atoms with Gasteiger partial charge in [0.05, 0.1) is 23.0 Å². The van der Waals surface area contributed by atoms with E-state index in [1.165, 1.54) is 134 Å². The highest BCUT2D eigenvalue weighted by Gasteiger charge is 2.41. The number of rotatable bonds is 4. The molecule has 0 fully saturated rings. The molecule has 8 aromatic carbocycles. The topological polar surface area (TPSA) is 92.9 Å². The van der Waals surface area contributed by atoms with Crippen LogP contribution in [0.4, 0.5) is 50.9 Å². The van der Waals surface area contributed by atoms with Crippen molar-refractivity contribution < 1.29 is 4.74 Å². The molecule has 0 N–H and O–H groups in total. The number of benzene rings is 8. The Morgan fingerprint density at radius 2 is 0.897 bits per heavy atom. The summed E-state index contributed by atoms with van der Waals surface area (Å²) in [6.07, 6.45) is 5.93. The molecular weight excluding hydrogens is 1680 g/mol. The lowest BCUT2D eigenvalue weighted by Crippen LogP contribution is -2.45. The van der Waals surface area contributed by atoms with Crippen LogP contribution in [0.3, 0.4) is 0 Å². The van der Waals surface area contributed by atoms with Crippen molar-refractivity contribution in [3.8, 4) is 11.8 Å². The second kappa shape index (κ2) is 58.1. The Kier molecular flexibility index (Phi) is 52.7. The maximum Gasteiger partial charge on any atom is 0.185 e. The molecule has 11 aromatic rings. The van der Waals surface area contributed by atoms with Gasteiger partial charge < -0.3 is 53.4 Å². The first-order valence-electron chi connectivity index (χ1n) is 50.4. The highest BCUT2D eigenvalue weighted by atomic mass is 32.1. The number of hydrogen-bond donors (Lipinski definition) is 0. The standard InChI is InChI=1S/C17H19N.C14H21N.C13H17N.C12H18N4.C12H17NO.C12H17N.C11H13N.C9H13N.C7H12N2S.7C2H6/c1-5-15-17(2,3)16-13-9-7-6-8-12(13)10-11-14(16)18(15)4;1-10-6-7-13-12(8-10)11(2)9-14(3,4)15(13)5;1-5-12-13(2,3)10-8-6-7-9-11(10)14(12)4;1-8-9(2)11(15(3)4)14-12(16(5)6)10(8)7-13;1-8-5-6-11-12(7-8)14-10(3)9(2)13(11)4;1-8-5-6-12-11(7-8)9(2)10(3)13(12)4;1-8-9(2)12(3)11-7-5-4-6-10(8)11;1-8-4-6-9(7-5-8)10(2)3;1-5-6(2)10-7(8-5)9(3)4;7*1-2/h5-11H,1-4H3;6-8,11H,9H2,1-5H3;5-9H,1-4H3;1-6H3;5-7,9-10H,1-4H3;5-7,9-10H,1-4H3;4-7H,1-3H3;4-7H,1-3H3;1-4H3;7*1-2H3. The number of fused-ring (bicyclic) bond motifs is 8. The summed E-state index contributed by atoms with van der Waals surface area (Å²) in [5.41, 5.74) is 30.4. The number of allylic oxidation sites excluding steroid dienone is 4. The van der Waals surface area contributed by atoms with Gasteiger partial charge in [-0.05, 0) is 240 Å². The van der Waals surface area contributed by atoms with Crippen LogP contribution in [0, 0.1) is 80.6 Å². The molecule has 0 amide bonds. The van der Waals surface area contributed by atoms with E-state index in [4.69, 9.17) is 4.74 Å². The first-order chi connectivity index (χ1) is 64.2. The highest BCUT2D eigenvalue weighted by molar-refractivity contribution is 7.15. The largest absolute Gasteiger partial charge is 0.486 e. The lowest BCUT2D eigenvalue weighted by atomic mass is 9.80. The first-order valence-corrected chi connectivity index (χ1v) is 51.2. The number of nitrogens with zero attached hydrogens (tertiary/aromatic N) is 13. The molecule has 0 bridgehead atoms. The zero-order valence-electron chi connectivity index (χ0n) is 95.5. The Morgan fingerprint density at radius 3 is 1.38 bits per heavy atom. The SMILES string of the molecule is CC.CC.CC.CC.CC.CC.CC.CC=C1N(C)c2ccc3ccccc3c2C1(C)C.CC=C1N(C)c2ccccc2C1(C)C.Cc1c(C)n(C)c2ccccc12.Cc1c(N(C)C)nc(N(C)C)c(C#N)c1C.Cc1ccc(N(C)C)cc1.Cc1ccc2c(c1)C(C)C(C)N2C.Cc1ccc2c(c1)C(C)CC(C)(C)N2C.Cc1ccc2c(c1)OC(C)C(C)N2C.Cc1nc(N(C)C)sc1C. The minimum absolute atomic E-state index is 0.0830. The van der Waals surface area contributed by atoms with Crippen molar-refractivity contribution in [3.05, 3.63) is 270 Å². The fourth-order valence-corrected chi connectivity index (χ4v) is 18.4.